The predicted molar refractivity (Wildman–Crippen MR) is 107 cm³/mol. The summed E-state index contributed by atoms with van der Waals surface area (Å²) in [5.74, 6) is 0.638. The number of aromatic nitrogens is 3. The number of piperazine rings is 1. The average Bonchev–Trinajstić information content (AvgIpc) is 3.10. The molecule has 1 saturated heterocycles. The summed E-state index contributed by atoms with van der Waals surface area (Å²) in [7, 11) is -3.21. The Morgan fingerprint density at radius 3 is 2.59 bits per heavy atom. The van der Waals surface area contributed by atoms with E-state index in [4.69, 9.17) is 0 Å². The molecule has 0 radical (unpaired) electrons. The molecule has 10 nitrogen and oxygen atoms in total. The van der Waals surface area contributed by atoms with Gasteiger partial charge in [-0.2, -0.15) is 4.31 Å². The maximum Gasteiger partial charge on any atom is 0.222 e. The molecule has 29 heavy (non-hydrogen) atoms. The highest BCUT2D eigenvalue weighted by Crippen LogP contribution is 2.09. The minimum absolute atomic E-state index is 0.0409. The van der Waals surface area contributed by atoms with Gasteiger partial charge in [-0.25, -0.2) is 8.42 Å². The molecule has 3 rings (SSSR count). The Labute approximate surface area is 169 Å². The number of sulfonamides is 1. The molecule has 0 unspecified atom stereocenters. The molecule has 0 bridgehead atoms. The molecule has 2 aromatic heterocycles. The normalized spacial score (nSPS) is 15.6. The zero-order chi connectivity index (χ0) is 20.9. The van der Waals surface area contributed by atoms with Gasteiger partial charge in [-0.1, -0.05) is 6.07 Å². The summed E-state index contributed by atoms with van der Waals surface area (Å²) < 4.78 is 26.3. The van der Waals surface area contributed by atoms with Gasteiger partial charge in [0.2, 0.25) is 21.8 Å². The standard InChI is InChI=1S/C18H26N6O4S/c1-29(27,28)23-13-11-22(12-14-23)18(26)7-4-6-17(25)19-9-8-16-21-20-15-5-2-3-10-24(15)16/h2-3,5,10H,4,6-9,11-14H2,1H3,(H,19,25). The van der Waals surface area contributed by atoms with Gasteiger partial charge in [0.1, 0.15) is 5.82 Å². The monoisotopic (exact) mass is 422 g/mol. The quantitative estimate of drug-likeness (QED) is 0.622. The first kappa shape index (κ1) is 21.2. The van der Waals surface area contributed by atoms with E-state index in [0.29, 0.717) is 45.6 Å². The zero-order valence-electron chi connectivity index (χ0n) is 16.5. The number of nitrogens with one attached hydrogen (secondary N) is 1. The fourth-order valence-electron chi connectivity index (χ4n) is 3.29. The van der Waals surface area contributed by atoms with Gasteiger partial charge in [-0.15, -0.1) is 10.2 Å². The number of rotatable bonds is 8. The van der Waals surface area contributed by atoms with Crippen molar-refractivity contribution < 1.29 is 18.0 Å². The average molecular weight is 423 g/mol. The van der Waals surface area contributed by atoms with Gasteiger partial charge in [0, 0.05) is 58.2 Å². The largest absolute Gasteiger partial charge is 0.356 e. The van der Waals surface area contributed by atoms with E-state index in [2.05, 4.69) is 15.5 Å². The van der Waals surface area contributed by atoms with Crippen LogP contribution < -0.4 is 5.32 Å². The number of fused-ring (bicyclic) bond motifs is 1. The molecule has 0 atom stereocenters. The van der Waals surface area contributed by atoms with Crippen LogP contribution >= 0.6 is 0 Å². The van der Waals surface area contributed by atoms with Crippen LogP contribution in [0.5, 0.6) is 0 Å². The molecule has 1 N–H and O–H groups in total. The van der Waals surface area contributed by atoms with Crippen molar-refractivity contribution in [1.82, 2.24) is 29.1 Å². The molecule has 0 aliphatic carbocycles. The molecule has 1 aliphatic heterocycles. The third-order valence-electron chi connectivity index (χ3n) is 4.91. The minimum Gasteiger partial charge on any atom is -0.356 e. The second-order valence-electron chi connectivity index (χ2n) is 7.04. The molecule has 2 aromatic rings. The number of amides is 2. The Morgan fingerprint density at radius 2 is 1.86 bits per heavy atom. The molecule has 11 heteroatoms. The van der Waals surface area contributed by atoms with E-state index >= 15 is 0 Å². The van der Waals surface area contributed by atoms with Crippen molar-refractivity contribution >= 4 is 27.5 Å². The summed E-state index contributed by atoms with van der Waals surface area (Å²) in [6, 6.07) is 5.66. The molecule has 3 heterocycles. The molecule has 1 fully saturated rings. The molecule has 0 aromatic carbocycles. The van der Waals surface area contributed by atoms with Crippen LogP contribution in [0.25, 0.3) is 5.65 Å². The third-order valence-corrected chi connectivity index (χ3v) is 6.21. The van der Waals surface area contributed by atoms with Gasteiger partial charge in [0.25, 0.3) is 0 Å². The molecule has 158 valence electrons. The summed E-state index contributed by atoms with van der Waals surface area (Å²) in [6.07, 6.45) is 4.64. The van der Waals surface area contributed by atoms with Crippen LogP contribution in [-0.4, -0.2) is 83.0 Å². The van der Waals surface area contributed by atoms with Gasteiger partial charge in [-0.3, -0.25) is 14.0 Å². The van der Waals surface area contributed by atoms with Crippen LogP contribution in [0.15, 0.2) is 24.4 Å². The molecule has 0 saturated carbocycles. The molecule has 2 amide bonds. The number of nitrogens with zero attached hydrogens (tertiary/aromatic N) is 5. The first-order valence-electron chi connectivity index (χ1n) is 9.63. The lowest BCUT2D eigenvalue weighted by Crippen LogP contribution is -2.50. The summed E-state index contributed by atoms with van der Waals surface area (Å²) in [5.41, 5.74) is 0.768. The van der Waals surface area contributed by atoms with Crippen molar-refractivity contribution in [3.8, 4) is 0 Å². The second kappa shape index (κ2) is 9.31. The van der Waals surface area contributed by atoms with Crippen LogP contribution in [0.3, 0.4) is 0 Å². The van der Waals surface area contributed by atoms with Crippen molar-refractivity contribution in [3.63, 3.8) is 0 Å². The van der Waals surface area contributed by atoms with E-state index in [-0.39, 0.29) is 24.7 Å². The lowest BCUT2D eigenvalue weighted by Gasteiger charge is -2.33. The smallest absolute Gasteiger partial charge is 0.222 e. The first-order chi connectivity index (χ1) is 13.8. The number of hydrogen-bond acceptors (Lipinski definition) is 6. The zero-order valence-corrected chi connectivity index (χ0v) is 17.3. The predicted octanol–water partition coefficient (Wildman–Crippen LogP) is -0.338. The maximum absolute atomic E-state index is 12.2. The molecular formula is C18H26N6O4S. The summed E-state index contributed by atoms with van der Waals surface area (Å²) in [4.78, 5) is 25.9. The lowest BCUT2D eigenvalue weighted by molar-refractivity contribution is -0.132. The van der Waals surface area contributed by atoms with Gasteiger partial charge >= 0.3 is 0 Å². The maximum atomic E-state index is 12.2. The molecular weight excluding hydrogens is 396 g/mol. The van der Waals surface area contributed by atoms with E-state index in [1.807, 2.05) is 28.8 Å². The van der Waals surface area contributed by atoms with Gasteiger partial charge in [0.05, 0.1) is 6.26 Å². The van der Waals surface area contributed by atoms with E-state index in [0.717, 1.165) is 11.5 Å². The van der Waals surface area contributed by atoms with Crippen LogP contribution in [0.1, 0.15) is 25.1 Å². The highest BCUT2D eigenvalue weighted by molar-refractivity contribution is 7.88. The lowest BCUT2D eigenvalue weighted by atomic mass is 10.2. The molecule has 0 spiro atoms. The summed E-state index contributed by atoms with van der Waals surface area (Å²) >= 11 is 0. The minimum atomic E-state index is -3.21. The van der Waals surface area contributed by atoms with Crippen LogP contribution in [0.4, 0.5) is 0 Å². The fourth-order valence-corrected chi connectivity index (χ4v) is 4.12. The Bertz CT molecular complexity index is 966. The van der Waals surface area contributed by atoms with E-state index in [1.165, 1.54) is 10.6 Å². The third kappa shape index (κ3) is 5.73. The highest BCUT2D eigenvalue weighted by atomic mass is 32.2. The van der Waals surface area contributed by atoms with E-state index in [9.17, 15) is 18.0 Å². The topological polar surface area (TPSA) is 117 Å². The Hall–Kier alpha value is -2.53. The highest BCUT2D eigenvalue weighted by Gasteiger charge is 2.25. The van der Waals surface area contributed by atoms with Crippen molar-refractivity contribution in [2.75, 3.05) is 39.0 Å². The number of carbonyl (C=O) groups excluding carboxylic acids is 2. The van der Waals surface area contributed by atoms with Crippen LogP contribution in [0.2, 0.25) is 0 Å². The van der Waals surface area contributed by atoms with Gasteiger partial charge < -0.3 is 10.2 Å². The van der Waals surface area contributed by atoms with Crippen molar-refractivity contribution in [2.45, 2.75) is 25.7 Å². The number of pyridine rings is 1. The SMILES string of the molecule is CS(=O)(=O)N1CCN(C(=O)CCCC(=O)NCCc2nnc3ccccn23)CC1. The summed E-state index contributed by atoms with van der Waals surface area (Å²) in [6.45, 7) is 1.88. The summed E-state index contributed by atoms with van der Waals surface area (Å²) in [5, 5.41) is 11.0. The van der Waals surface area contributed by atoms with Gasteiger partial charge in [-0.05, 0) is 18.6 Å². The van der Waals surface area contributed by atoms with Crippen molar-refractivity contribution in [3.05, 3.63) is 30.2 Å². The fraction of sp³-hybridized carbons (Fsp3) is 0.556. The van der Waals surface area contributed by atoms with E-state index < -0.39 is 10.0 Å². The van der Waals surface area contributed by atoms with Crippen molar-refractivity contribution in [1.29, 1.82) is 0 Å². The van der Waals surface area contributed by atoms with Crippen molar-refractivity contribution in [2.24, 2.45) is 0 Å². The Balaban J connectivity index is 1.32. The number of hydrogen-bond donors (Lipinski definition) is 1. The van der Waals surface area contributed by atoms with Crippen LogP contribution in [0, 0.1) is 0 Å². The number of carbonyl (C=O) groups is 2. The second-order valence-corrected chi connectivity index (χ2v) is 9.02. The van der Waals surface area contributed by atoms with Crippen LogP contribution in [-0.2, 0) is 26.0 Å². The Morgan fingerprint density at radius 1 is 1.10 bits per heavy atom. The van der Waals surface area contributed by atoms with E-state index in [1.54, 1.807) is 4.90 Å². The molecule has 1 aliphatic rings. The van der Waals surface area contributed by atoms with Gasteiger partial charge in [0.15, 0.2) is 5.65 Å². The first-order valence-corrected chi connectivity index (χ1v) is 11.5. The Kier molecular flexibility index (Phi) is 6.80.